The van der Waals surface area contributed by atoms with Gasteiger partial charge in [-0.3, -0.25) is 4.79 Å². The molecule has 1 saturated heterocycles. The van der Waals surface area contributed by atoms with Gasteiger partial charge in [0.1, 0.15) is 11.6 Å². The molecule has 0 bridgehead atoms. The standard InChI is InChI=1S/C16H22FNO3/c17-13-5-4-7-15(11-13)21-10-8-16(20)18-9-3-1-2-6-14(18)12-19/h4-5,7,11,14,19H,1-3,6,8-10,12H2. The quantitative estimate of drug-likeness (QED) is 0.907. The van der Waals surface area contributed by atoms with Gasteiger partial charge in [-0.2, -0.15) is 0 Å². The summed E-state index contributed by atoms with van der Waals surface area (Å²) in [6.07, 6.45) is 4.22. The Bertz CT molecular complexity index is 467. The van der Waals surface area contributed by atoms with Crippen LogP contribution in [-0.4, -0.2) is 41.7 Å². The van der Waals surface area contributed by atoms with E-state index in [-0.39, 0.29) is 37.4 Å². The zero-order valence-electron chi connectivity index (χ0n) is 12.1. The van der Waals surface area contributed by atoms with Crippen LogP contribution in [0, 0.1) is 5.82 Å². The first-order chi connectivity index (χ1) is 10.2. The van der Waals surface area contributed by atoms with Gasteiger partial charge in [-0.05, 0) is 25.0 Å². The molecule has 1 fully saturated rings. The summed E-state index contributed by atoms with van der Waals surface area (Å²) in [5, 5.41) is 9.40. The van der Waals surface area contributed by atoms with Gasteiger partial charge in [0.05, 0.1) is 25.7 Å². The SMILES string of the molecule is O=C(CCOc1cccc(F)c1)N1CCCCCC1CO. The van der Waals surface area contributed by atoms with Crippen LogP contribution in [0.2, 0.25) is 0 Å². The van der Waals surface area contributed by atoms with Crippen LogP contribution in [0.3, 0.4) is 0 Å². The van der Waals surface area contributed by atoms with Gasteiger partial charge in [-0.1, -0.05) is 18.9 Å². The molecule has 0 aliphatic carbocycles. The number of halogens is 1. The fourth-order valence-electron chi connectivity index (χ4n) is 2.65. The van der Waals surface area contributed by atoms with Gasteiger partial charge in [-0.15, -0.1) is 0 Å². The van der Waals surface area contributed by atoms with E-state index < -0.39 is 0 Å². The summed E-state index contributed by atoms with van der Waals surface area (Å²) in [5.74, 6) is 0.0661. The van der Waals surface area contributed by atoms with Crippen molar-refractivity contribution in [2.75, 3.05) is 19.8 Å². The maximum atomic E-state index is 13.0. The number of aliphatic hydroxyl groups is 1. The van der Waals surface area contributed by atoms with E-state index in [1.165, 1.54) is 12.1 Å². The minimum absolute atomic E-state index is 0.00708. The number of aliphatic hydroxyl groups excluding tert-OH is 1. The molecule has 0 spiro atoms. The summed E-state index contributed by atoms with van der Waals surface area (Å²) in [6.45, 7) is 0.928. The highest BCUT2D eigenvalue weighted by atomic mass is 19.1. The normalized spacial score (nSPS) is 19.1. The zero-order chi connectivity index (χ0) is 15.1. The number of benzene rings is 1. The van der Waals surface area contributed by atoms with Crippen molar-refractivity contribution in [3.05, 3.63) is 30.1 Å². The van der Waals surface area contributed by atoms with Crippen molar-refractivity contribution in [3.63, 3.8) is 0 Å². The summed E-state index contributed by atoms with van der Waals surface area (Å²) >= 11 is 0. The largest absolute Gasteiger partial charge is 0.493 e. The predicted octanol–water partition coefficient (Wildman–Crippen LogP) is 2.36. The number of carbonyl (C=O) groups excluding carboxylic acids is 1. The molecule has 1 heterocycles. The maximum absolute atomic E-state index is 13.0. The lowest BCUT2D eigenvalue weighted by Crippen LogP contribution is -2.42. The second-order valence-corrected chi connectivity index (χ2v) is 5.33. The van der Waals surface area contributed by atoms with Crippen LogP contribution in [0.15, 0.2) is 24.3 Å². The first-order valence-corrected chi connectivity index (χ1v) is 7.49. The van der Waals surface area contributed by atoms with E-state index in [2.05, 4.69) is 0 Å². The van der Waals surface area contributed by atoms with E-state index in [1.807, 2.05) is 0 Å². The minimum Gasteiger partial charge on any atom is -0.493 e. The summed E-state index contributed by atoms with van der Waals surface area (Å²) in [7, 11) is 0. The van der Waals surface area contributed by atoms with Crippen molar-refractivity contribution in [2.24, 2.45) is 0 Å². The van der Waals surface area contributed by atoms with Gasteiger partial charge in [0, 0.05) is 12.6 Å². The Hall–Kier alpha value is -1.62. The Morgan fingerprint density at radius 1 is 1.38 bits per heavy atom. The summed E-state index contributed by atoms with van der Waals surface area (Å²) < 4.78 is 18.4. The fourth-order valence-corrected chi connectivity index (χ4v) is 2.65. The van der Waals surface area contributed by atoms with Crippen LogP contribution in [0.25, 0.3) is 0 Å². The highest BCUT2D eigenvalue weighted by Crippen LogP contribution is 2.18. The Kier molecular flexibility index (Phi) is 5.99. The number of hydrogen-bond acceptors (Lipinski definition) is 3. The molecule has 1 unspecified atom stereocenters. The van der Waals surface area contributed by atoms with Gasteiger partial charge < -0.3 is 14.7 Å². The molecular formula is C16H22FNO3. The van der Waals surface area contributed by atoms with Gasteiger partial charge >= 0.3 is 0 Å². The van der Waals surface area contributed by atoms with Crippen molar-refractivity contribution < 1.29 is 19.0 Å². The van der Waals surface area contributed by atoms with Gasteiger partial charge in [0.15, 0.2) is 0 Å². The lowest BCUT2D eigenvalue weighted by Gasteiger charge is -2.28. The first-order valence-electron chi connectivity index (χ1n) is 7.49. The highest BCUT2D eigenvalue weighted by molar-refractivity contribution is 5.76. The molecule has 1 aromatic carbocycles. The molecule has 1 amide bonds. The van der Waals surface area contributed by atoms with E-state index in [1.54, 1.807) is 17.0 Å². The third-order valence-corrected chi connectivity index (χ3v) is 3.79. The summed E-state index contributed by atoms with van der Waals surface area (Å²) in [5.41, 5.74) is 0. The Labute approximate surface area is 124 Å². The molecule has 2 rings (SSSR count). The molecule has 0 aromatic heterocycles. The fraction of sp³-hybridized carbons (Fsp3) is 0.562. The molecule has 4 nitrogen and oxygen atoms in total. The molecule has 21 heavy (non-hydrogen) atoms. The average Bonchev–Trinajstić information content (AvgIpc) is 2.72. The van der Waals surface area contributed by atoms with Crippen LogP contribution in [-0.2, 0) is 4.79 Å². The van der Waals surface area contributed by atoms with Crippen molar-refractivity contribution in [2.45, 2.75) is 38.1 Å². The number of likely N-dealkylation sites (tertiary alicyclic amines) is 1. The van der Waals surface area contributed by atoms with Crippen LogP contribution in [0.4, 0.5) is 4.39 Å². The molecule has 1 N–H and O–H groups in total. The van der Waals surface area contributed by atoms with Crippen molar-refractivity contribution in [1.29, 1.82) is 0 Å². The number of hydrogen-bond donors (Lipinski definition) is 1. The number of ether oxygens (including phenoxy) is 1. The van der Waals surface area contributed by atoms with E-state index in [4.69, 9.17) is 4.74 Å². The number of nitrogens with zero attached hydrogens (tertiary/aromatic N) is 1. The zero-order valence-corrected chi connectivity index (χ0v) is 12.1. The predicted molar refractivity (Wildman–Crippen MR) is 77.6 cm³/mol. The first kappa shape index (κ1) is 15.8. The smallest absolute Gasteiger partial charge is 0.226 e. The lowest BCUT2D eigenvalue weighted by atomic mass is 10.1. The topological polar surface area (TPSA) is 49.8 Å². The number of rotatable bonds is 5. The molecule has 1 atom stereocenters. The summed E-state index contributed by atoms with van der Waals surface area (Å²) in [6, 6.07) is 5.81. The van der Waals surface area contributed by atoms with Gasteiger partial charge in [-0.25, -0.2) is 4.39 Å². The van der Waals surface area contributed by atoms with Crippen molar-refractivity contribution in [1.82, 2.24) is 4.90 Å². The summed E-state index contributed by atoms with van der Waals surface area (Å²) in [4.78, 5) is 14.0. The Balaban J connectivity index is 1.82. The minimum atomic E-state index is -0.355. The van der Waals surface area contributed by atoms with Crippen LogP contribution in [0.1, 0.15) is 32.1 Å². The van der Waals surface area contributed by atoms with Gasteiger partial charge in [0.2, 0.25) is 5.91 Å². The van der Waals surface area contributed by atoms with E-state index in [0.29, 0.717) is 12.3 Å². The molecular weight excluding hydrogens is 273 g/mol. The van der Waals surface area contributed by atoms with Gasteiger partial charge in [0.25, 0.3) is 0 Å². The second-order valence-electron chi connectivity index (χ2n) is 5.33. The number of carbonyl (C=O) groups is 1. The maximum Gasteiger partial charge on any atom is 0.226 e. The third kappa shape index (κ3) is 4.70. The second kappa shape index (κ2) is 7.98. The molecule has 0 saturated carbocycles. The van der Waals surface area contributed by atoms with E-state index in [0.717, 1.165) is 25.7 Å². The third-order valence-electron chi connectivity index (χ3n) is 3.79. The molecule has 1 aromatic rings. The van der Waals surface area contributed by atoms with Crippen molar-refractivity contribution >= 4 is 5.91 Å². The van der Waals surface area contributed by atoms with E-state index >= 15 is 0 Å². The molecule has 0 radical (unpaired) electrons. The Morgan fingerprint density at radius 3 is 3.00 bits per heavy atom. The molecule has 1 aliphatic heterocycles. The Morgan fingerprint density at radius 2 is 2.24 bits per heavy atom. The lowest BCUT2D eigenvalue weighted by molar-refractivity contribution is -0.134. The van der Waals surface area contributed by atoms with Crippen LogP contribution < -0.4 is 4.74 Å². The molecule has 1 aliphatic rings. The highest BCUT2D eigenvalue weighted by Gasteiger charge is 2.24. The van der Waals surface area contributed by atoms with E-state index in [9.17, 15) is 14.3 Å². The molecule has 5 heteroatoms. The average molecular weight is 295 g/mol. The monoisotopic (exact) mass is 295 g/mol. The van der Waals surface area contributed by atoms with Crippen LogP contribution in [0.5, 0.6) is 5.75 Å². The number of amides is 1. The van der Waals surface area contributed by atoms with Crippen LogP contribution >= 0.6 is 0 Å². The van der Waals surface area contributed by atoms with Crippen molar-refractivity contribution in [3.8, 4) is 5.75 Å². The molecule has 116 valence electrons.